The zero-order valence-corrected chi connectivity index (χ0v) is 16.5. The first-order chi connectivity index (χ1) is 14.0. The Morgan fingerprint density at radius 2 is 1.86 bits per heavy atom. The summed E-state index contributed by atoms with van der Waals surface area (Å²) in [5.74, 6) is 0.132. The third-order valence-electron chi connectivity index (χ3n) is 4.76. The predicted molar refractivity (Wildman–Crippen MR) is 110 cm³/mol. The van der Waals surface area contributed by atoms with Crippen molar-refractivity contribution >= 4 is 28.5 Å². The van der Waals surface area contributed by atoms with Crippen molar-refractivity contribution in [2.45, 2.75) is 13.1 Å². The van der Waals surface area contributed by atoms with E-state index in [9.17, 15) is 9.18 Å². The second kappa shape index (κ2) is 8.01. The van der Waals surface area contributed by atoms with Crippen molar-refractivity contribution in [3.63, 3.8) is 0 Å². The SMILES string of the molecule is CN(Cc1nc2ccccc2n1Cc1c(F)cccc1Cl)C(=O)c1ccncc1. The highest BCUT2D eigenvalue weighted by atomic mass is 35.5. The number of rotatable bonds is 5. The molecular weight excluding hydrogens is 391 g/mol. The van der Waals surface area contributed by atoms with Crippen LogP contribution in [0.2, 0.25) is 5.02 Å². The van der Waals surface area contributed by atoms with Gasteiger partial charge in [0.05, 0.1) is 24.1 Å². The number of carbonyl (C=O) groups excluding carboxylic acids is 1. The monoisotopic (exact) mass is 408 g/mol. The Morgan fingerprint density at radius 1 is 1.10 bits per heavy atom. The lowest BCUT2D eigenvalue weighted by molar-refractivity contribution is 0.0780. The summed E-state index contributed by atoms with van der Waals surface area (Å²) in [6.45, 7) is 0.487. The molecule has 2 aromatic heterocycles. The molecule has 0 saturated carbocycles. The highest BCUT2D eigenvalue weighted by molar-refractivity contribution is 6.31. The van der Waals surface area contributed by atoms with E-state index in [0.717, 1.165) is 11.0 Å². The Labute approximate surface area is 172 Å². The molecule has 0 aliphatic heterocycles. The zero-order valence-electron chi connectivity index (χ0n) is 15.7. The van der Waals surface area contributed by atoms with E-state index in [1.54, 1.807) is 48.6 Å². The fraction of sp³-hybridized carbons (Fsp3) is 0.136. The van der Waals surface area contributed by atoms with Crippen LogP contribution in [0.4, 0.5) is 4.39 Å². The number of benzene rings is 2. The summed E-state index contributed by atoms with van der Waals surface area (Å²) in [7, 11) is 1.71. The summed E-state index contributed by atoms with van der Waals surface area (Å²) in [5, 5.41) is 0.356. The van der Waals surface area contributed by atoms with Gasteiger partial charge in [0.2, 0.25) is 0 Å². The van der Waals surface area contributed by atoms with Crippen molar-refractivity contribution in [3.05, 3.63) is 94.8 Å². The molecule has 0 atom stereocenters. The van der Waals surface area contributed by atoms with Gasteiger partial charge in [-0.1, -0.05) is 29.8 Å². The first-order valence-electron chi connectivity index (χ1n) is 9.07. The molecule has 0 radical (unpaired) electrons. The Kier molecular flexibility index (Phi) is 5.27. The Balaban J connectivity index is 1.71. The summed E-state index contributed by atoms with van der Waals surface area (Å²) < 4.78 is 16.3. The number of hydrogen-bond acceptors (Lipinski definition) is 3. The van der Waals surface area contributed by atoms with Gasteiger partial charge in [-0.15, -0.1) is 0 Å². The van der Waals surface area contributed by atoms with Crippen LogP contribution >= 0.6 is 11.6 Å². The van der Waals surface area contributed by atoms with Gasteiger partial charge in [-0.3, -0.25) is 9.78 Å². The van der Waals surface area contributed by atoms with Crippen LogP contribution in [-0.4, -0.2) is 32.4 Å². The number of carbonyl (C=O) groups is 1. The molecule has 7 heteroatoms. The van der Waals surface area contributed by atoms with E-state index in [1.165, 1.54) is 6.07 Å². The van der Waals surface area contributed by atoms with Crippen molar-refractivity contribution in [1.82, 2.24) is 19.4 Å². The molecule has 0 spiro atoms. The second-order valence-corrected chi connectivity index (χ2v) is 7.11. The molecule has 0 unspecified atom stereocenters. The third-order valence-corrected chi connectivity index (χ3v) is 5.12. The highest BCUT2D eigenvalue weighted by Gasteiger charge is 2.18. The first-order valence-corrected chi connectivity index (χ1v) is 9.45. The van der Waals surface area contributed by atoms with Gasteiger partial charge in [0, 0.05) is 35.6 Å². The molecule has 2 heterocycles. The number of para-hydroxylation sites is 2. The van der Waals surface area contributed by atoms with Crippen molar-refractivity contribution in [2.75, 3.05) is 7.05 Å². The van der Waals surface area contributed by atoms with Gasteiger partial charge in [-0.25, -0.2) is 9.37 Å². The largest absolute Gasteiger partial charge is 0.334 e. The average Bonchev–Trinajstić information content (AvgIpc) is 3.07. The van der Waals surface area contributed by atoms with Crippen molar-refractivity contribution in [3.8, 4) is 0 Å². The quantitative estimate of drug-likeness (QED) is 0.487. The van der Waals surface area contributed by atoms with Crippen LogP contribution in [0.5, 0.6) is 0 Å². The van der Waals surface area contributed by atoms with E-state index in [0.29, 0.717) is 22.0 Å². The first kappa shape index (κ1) is 19.1. The van der Waals surface area contributed by atoms with Crippen LogP contribution in [0.25, 0.3) is 11.0 Å². The molecule has 0 bridgehead atoms. The summed E-state index contributed by atoms with van der Waals surface area (Å²) in [6.07, 6.45) is 3.16. The number of nitrogens with zero attached hydrogens (tertiary/aromatic N) is 4. The van der Waals surface area contributed by atoms with Gasteiger partial charge in [0.15, 0.2) is 0 Å². The predicted octanol–water partition coefficient (Wildman–Crippen LogP) is 4.54. The van der Waals surface area contributed by atoms with Crippen LogP contribution in [0.15, 0.2) is 67.0 Å². The number of amides is 1. The molecule has 4 rings (SSSR count). The van der Waals surface area contributed by atoms with E-state index in [2.05, 4.69) is 9.97 Å². The van der Waals surface area contributed by atoms with Crippen LogP contribution in [0.1, 0.15) is 21.7 Å². The van der Waals surface area contributed by atoms with Gasteiger partial charge in [0.25, 0.3) is 5.91 Å². The summed E-state index contributed by atoms with van der Waals surface area (Å²) in [5.41, 5.74) is 2.57. The highest BCUT2D eigenvalue weighted by Crippen LogP contribution is 2.24. The third kappa shape index (κ3) is 3.84. The molecule has 1 amide bonds. The normalized spacial score (nSPS) is 11.0. The number of halogens is 2. The lowest BCUT2D eigenvalue weighted by Gasteiger charge is -2.18. The Hall–Kier alpha value is -3.25. The maximum Gasteiger partial charge on any atom is 0.254 e. The molecule has 0 fully saturated rings. The molecule has 0 saturated heterocycles. The molecule has 0 aliphatic carbocycles. The van der Waals surface area contributed by atoms with Crippen LogP contribution in [0.3, 0.4) is 0 Å². The maximum absolute atomic E-state index is 14.4. The second-order valence-electron chi connectivity index (χ2n) is 6.70. The fourth-order valence-electron chi connectivity index (χ4n) is 3.26. The Morgan fingerprint density at radius 3 is 2.62 bits per heavy atom. The maximum atomic E-state index is 14.4. The minimum absolute atomic E-state index is 0.144. The van der Waals surface area contributed by atoms with Gasteiger partial charge in [-0.2, -0.15) is 0 Å². The van der Waals surface area contributed by atoms with Gasteiger partial charge in [0.1, 0.15) is 11.6 Å². The summed E-state index contributed by atoms with van der Waals surface area (Å²) in [6, 6.07) is 15.6. The number of pyridine rings is 1. The topological polar surface area (TPSA) is 51.0 Å². The van der Waals surface area contributed by atoms with Crippen molar-refractivity contribution in [2.24, 2.45) is 0 Å². The van der Waals surface area contributed by atoms with Crippen molar-refractivity contribution in [1.29, 1.82) is 0 Å². The van der Waals surface area contributed by atoms with Crippen LogP contribution in [-0.2, 0) is 13.1 Å². The number of imidazole rings is 1. The fourth-order valence-corrected chi connectivity index (χ4v) is 3.49. The Bertz CT molecular complexity index is 1160. The van der Waals surface area contributed by atoms with Crippen LogP contribution < -0.4 is 0 Å². The van der Waals surface area contributed by atoms with E-state index < -0.39 is 0 Å². The van der Waals surface area contributed by atoms with E-state index >= 15 is 0 Å². The van der Waals surface area contributed by atoms with E-state index in [4.69, 9.17) is 11.6 Å². The molecule has 146 valence electrons. The van der Waals surface area contributed by atoms with Crippen molar-refractivity contribution < 1.29 is 9.18 Å². The lowest BCUT2D eigenvalue weighted by atomic mass is 10.2. The number of hydrogen-bond donors (Lipinski definition) is 0. The molecule has 0 aliphatic rings. The molecule has 0 N–H and O–H groups in total. The van der Waals surface area contributed by atoms with Gasteiger partial charge >= 0.3 is 0 Å². The summed E-state index contributed by atoms with van der Waals surface area (Å²) >= 11 is 6.24. The van der Waals surface area contributed by atoms with Gasteiger partial charge in [-0.05, 0) is 36.4 Å². The average molecular weight is 409 g/mol. The molecule has 5 nitrogen and oxygen atoms in total. The number of fused-ring (bicyclic) bond motifs is 1. The molecule has 4 aromatic rings. The van der Waals surface area contributed by atoms with Crippen LogP contribution in [0, 0.1) is 5.82 Å². The minimum atomic E-state index is -0.373. The summed E-state index contributed by atoms with van der Waals surface area (Å²) in [4.78, 5) is 22.9. The lowest BCUT2D eigenvalue weighted by Crippen LogP contribution is -2.28. The smallest absolute Gasteiger partial charge is 0.254 e. The minimum Gasteiger partial charge on any atom is -0.334 e. The van der Waals surface area contributed by atoms with Gasteiger partial charge < -0.3 is 9.47 Å². The zero-order chi connectivity index (χ0) is 20.4. The number of aromatic nitrogens is 3. The molecular formula is C22H18ClFN4O. The van der Waals surface area contributed by atoms with E-state index in [1.807, 2.05) is 28.8 Å². The van der Waals surface area contributed by atoms with E-state index in [-0.39, 0.29) is 24.8 Å². The molecule has 2 aromatic carbocycles. The molecule has 29 heavy (non-hydrogen) atoms. The standard InChI is InChI=1S/C22H18ClFN4O/c1-27(22(29)15-9-11-25-12-10-15)14-21-26-19-7-2-3-8-20(19)28(21)13-16-17(23)5-4-6-18(16)24/h2-12H,13-14H2,1H3.